The number of alkyl halides is 2. The van der Waals surface area contributed by atoms with Crippen LogP contribution in [0, 0.1) is 0 Å². The number of nitrogens with two attached hydrogens (primary N) is 3. The molecule has 30 heteroatoms. The zero-order valence-corrected chi connectivity index (χ0v) is 37.7. The number of amides is 2. The fourth-order valence-electron chi connectivity index (χ4n) is 7.20. The Morgan fingerprint density at radius 2 is 1.64 bits per heavy atom. The van der Waals surface area contributed by atoms with Gasteiger partial charge in [-0.25, -0.2) is 33.3 Å². The molecule has 24 nitrogen and oxygen atoms in total. The highest BCUT2D eigenvalue weighted by Gasteiger charge is 2.52. The first-order valence-corrected chi connectivity index (χ1v) is 24.3. The van der Waals surface area contributed by atoms with Gasteiger partial charge in [0.05, 0.1) is 38.4 Å². The van der Waals surface area contributed by atoms with Crippen LogP contribution in [0.3, 0.4) is 0 Å². The van der Waals surface area contributed by atoms with Crippen molar-refractivity contribution in [3.05, 3.63) is 59.2 Å². The van der Waals surface area contributed by atoms with Gasteiger partial charge in [0, 0.05) is 17.9 Å². The van der Waals surface area contributed by atoms with Crippen LogP contribution in [0.4, 0.5) is 26.2 Å². The summed E-state index contributed by atoms with van der Waals surface area (Å²) in [5.74, 6) is -0.218. The van der Waals surface area contributed by atoms with Gasteiger partial charge in [0.2, 0.25) is 17.8 Å². The number of aromatic nitrogens is 8. The lowest BCUT2D eigenvalue weighted by Gasteiger charge is -2.25. The number of rotatable bonds is 23. The number of nitrogens with zero attached hydrogens (tertiary/aromatic N) is 7. The van der Waals surface area contributed by atoms with Crippen LogP contribution in [-0.4, -0.2) is 127 Å². The normalized spacial score (nSPS) is 24.0. The highest BCUT2D eigenvalue weighted by Crippen LogP contribution is 2.50. The largest absolute Gasteiger partial charge is 0.382 e. The van der Waals surface area contributed by atoms with Gasteiger partial charge in [-0.3, -0.25) is 37.6 Å². The van der Waals surface area contributed by atoms with E-state index in [4.69, 9.17) is 45.0 Å². The van der Waals surface area contributed by atoms with E-state index in [9.17, 15) is 23.5 Å². The number of nitrogen functional groups attached to an aromatic ring is 2. The molecule has 2 aliphatic rings. The molecule has 2 saturated heterocycles. The van der Waals surface area contributed by atoms with Gasteiger partial charge in [-0.2, -0.15) is 4.98 Å². The lowest BCUT2D eigenvalue weighted by molar-refractivity contribution is -0.124. The predicted molar refractivity (Wildman–Crippen MR) is 237 cm³/mol. The van der Waals surface area contributed by atoms with Crippen molar-refractivity contribution < 1.29 is 55.3 Å². The van der Waals surface area contributed by atoms with Crippen molar-refractivity contribution in [2.45, 2.75) is 80.7 Å². The number of anilines is 3. The predicted octanol–water partition coefficient (Wildman–Crippen LogP) is 1.81. The third-order valence-corrected chi connectivity index (χ3v) is 12.8. The monoisotopic (exact) mass is 979 g/mol. The van der Waals surface area contributed by atoms with Crippen LogP contribution in [0.1, 0.15) is 43.7 Å². The molecular weight excluding hydrogens is 933 g/mol. The second-order valence-electron chi connectivity index (χ2n) is 15.1. The minimum atomic E-state index is -4.28. The van der Waals surface area contributed by atoms with E-state index in [2.05, 4.69) is 40.5 Å². The lowest BCUT2D eigenvalue weighted by Crippen LogP contribution is -2.35. The number of thioether (sulfide) groups is 1. The number of benzene rings is 1. The molecular formula is C36H46BF2N13O11P2S. The molecule has 5 aromatic rings. The zero-order valence-electron chi connectivity index (χ0n) is 35.1. The fraction of sp³-hybridized carbons (Fsp3) is 0.500. The van der Waals surface area contributed by atoms with Gasteiger partial charge in [0.1, 0.15) is 36.3 Å². The van der Waals surface area contributed by atoms with Crippen molar-refractivity contribution in [3.8, 4) is 0 Å². The van der Waals surface area contributed by atoms with Crippen molar-refractivity contribution >= 4 is 87.1 Å². The number of H-pyrrole nitrogens is 1. The van der Waals surface area contributed by atoms with Gasteiger partial charge in [0.15, 0.2) is 47.4 Å². The van der Waals surface area contributed by atoms with Crippen LogP contribution < -0.4 is 33.4 Å². The molecule has 354 valence electrons. The summed E-state index contributed by atoms with van der Waals surface area (Å²) in [6, 6.07) is 7.06. The van der Waals surface area contributed by atoms with Crippen molar-refractivity contribution in [1.29, 1.82) is 0 Å². The molecule has 1 unspecified atom stereocenters. The van der Waals surface area contributed by atoms with Crippen molar-refractivity contribution in [1.82, 2.24) is 44.4 Å². The van der Waals surface area contributed by atoms with E-state index in [0.29, 0.717) is 30.8 Å². The highest BCUT2D eigenvalue weighted by atomic mass is 32.2. The number of nitrogens with one attached hydrogen (secondary N) is 3. The summed E-state index contributed by atoms with van der Waals surface area (Å²) >= 11 is 1.37. The Labute approximate surface area is 380 Å². The molecule has 0 bridgehead atoms. The lowest BCUT2D eigenvalue weighted by atomic mass is 10.1. The van der Waals surface area contributed by atoms with Crippen molar-refractivity contribution in [2.24, 2.45) is 5.73 Å². The maximum atomic E-state index is 16.6. The van der Waals surface area contributed by atoms with Crippen LogP contribution >= 0.6 is 27.9 Å². The fourth-order valence-corrected chi connectivity index (χ4v) is 9.45. The molecule has 4 aromatic heterocycles. The number of imidazole rings is 2. The van der Waals surface area contributed by atoms with Gasteiger partial charge in [-0.1, -0.05) is 18.6 Å². The van der Waals surface area contributed by atoms with Gasteiger partial charge < -0.3 is 51.1 Å². The number of aromatic amines is 1. The molecule has 1 aromatic carbocycles. The van der Waals surface area contributed by atoms with Crippen molar-refractivity contribution in [2.75, 3.05) is 49.0 Å². The molecule has 66 heavy (non-hydrogen) atoms. The van der Waals surface area contributed by atoms with Crippen LogP contribution in [0.2, 0.25) is 0 Å². The average molecular weight is 980 g/mol. The van der Waals surface area contributed by atoms with E-state index >= 15 is 8.78 Å². The number of ether oxygens (including phenoxy) is 3. The molecule has 6 heterocycles. The van der Waals surface area contributed by atoms with E-state index in [1.54, 1.807) is 12.1 Å². The average Bonchev–Trinajstić information content (AvgIpc) is 4.06. The number of carbonyl (C=O) groups excluding carboxylic acids is 2. The van der Waals surface area contributed by atoms with Crippen LogP contribution in [0.25, 0.3) is 22.3 Å². The number of unbranched alkanes of at least 4 members (excludes halogenated alkanes) is 2. The number of halogens is 2. The van der Waals surface area contributed by atoms with E-state index in [-0.39, 0.29) is 65.0 Å². The molecule has 0 saturated carbocycles. The van der Waals surface area contributed by atoms with Gasteiger partial charge >= 0.3 is 8.69 Å². The highest BCUT2D eigenvalue weighted by molar-refractivity contribution is 7.98. The Morgan fingerprint density at radius 1 is 0.939 bits per heavy atom. The first-order chi connectivity index (χ1) is 31.8. The van der Waals surface area contributed by atoms with Gasteiger partial charge in [0.25, 0.3) is 20.6 Å². The summed E-state index contributed by atoms with van der Waals surface area (Å²) in [7, 11) is -4.08. The Kier molecular flexibility index (Phi) is 16.4. The maximum Gasteiger partial charge on any atom is 0.327 e. The van der Waals surface area contributed by atoms with E-state index in [1.165, 1.54) is 22.7 Å². The summed E-state index contributed by atoms with van der Waals surface area (Å²) in [6.07, 6.45) is -6.35. The maximum absolute atomic E-state index is 16.6. The molecule has 9 atom stereocenters. The molecule has 2 amide bonds. The van der Waals surface area contributed by atoms with Crippen LogP contribution in [0.5, 0.6) is 0 Å². The molecule has 0 aliphatic carbocycles. The second-order valence-corrected chi connectivity index (χ2v) is 18.4. The van der Waals surface area contributed by atoms with Crippen molar-refractivity contribution in [3.63, 3.8) is 0 Å². The summed E-state index contributed by atoms with van der Waals surface area (Å²) in [6.45, 7) is -0.484. The van der Waals surface area contributed by atoms with Crippen LogP contribution in [0.15, 0.2) is 48.0 Å². The quantitative estimate of drug-likeness (QED) is 0.0235. The summed E-state index contributed by atoms with van der Waals surface area (Å²) in [4.78, 5) is 59.4. The van der Waals surface area contributed by atoms with Gasteiger partial charge in [-0.15, -0.1) is 11.8 Å². The molecule has 0 radical (unpaired) electrons. The molecule has 2 aliphatic heterocycles. The molecule has 7 rings (SSSR count). The van der Waals surface area contributed by atoms with E-state index in [1.807, 2.05) is 12.1 Å². The third-order valence-electron chi connectivity index (χ3n) is 10.4. The Hall–Kier alpha value is -5.02. The first-order valence-electron chi connectivity index (χ1n) is 20.4. The summed E-state index contributed by atoms with van der Waals surface area (Å²) in [5, 5.41) is 5.34. The van der Waals surface area contributed by atoms with Gasteiger partial charge in [-0.05, 0) is 37.1 Å². The Balaban J connectivity index is 0.960. The number of fused-ring (bicyclic) bond motifs is 2. The standard InChI is InChI=1S/C36H46BF2N13O11P2S/c37-65(57,59-12-21-28(62-64-56)24(38)34(61-21)51-15-46-26-30(41)44-14-45-31(26)51)63-29-20(60-35(25(29)39)52-16-47-27-32(52)49-36(42)50-33(27)55)11-58-17-66-13-18-5-7-19(8-6-18)48-23(54)10-43-22(53)4-2-1-3-9-40/h5-8,14-16,20-21,24-25,28-29,34-35H,1-4,9-13,17,37,40H2,(H,43,53)(H,48,54)(H2,41,44,45)(H3,42,49,50,55)/t20-,21-,24-,25-,28-,29-,34-,35-,65?/m1/s1. The topological polar surface area (TPSA) is 333 Å². The minimum Gasteiger partial charge on any atom is -0.382 e. The number of hydrogen-bond acceptors (Lipinski definition) is 20. The van der Waals surface area contributed by atoms with E-state index in [0.717, 1.165) is 43.2 Å². The molecule has 2 fully saturated rings. The number of carbonyl (C=O) groups is 2. The van der Waals surface area contributed by atoms with E-state index < -0.39 is 77.5 Å². The Bertz CT molecular complexity index is 2600. The second kappa shape index (κ2) is 22.2. The smallest absolute Gasteiger partial charge is 0.327 e. The SMILES string of the molecule is BP(=O)(OC[C@H]1O[C@@H](n2cnc3c(N)ncnc32)[C@H](F)[C@@H]1OP=O)O[C@H]1[C@@H](F)[C@H](n2cnc3c(=O)[nH]c(N)nc32)O[C@@H]1COCSCc1ccc(NC(=O)CNC(=O)CCCCCN)cc1. The zero-order chi connectivity index (χ0) is 47.0. The summed E-state index contributed by atoms with van der Waals surface area (Å²) in [5.41, 5.74) is 18.0. The molecule has 0 spiro atoms. The summed E-state index contributed by atoms with van der Waals surface area (Å²) < 4.78 is 94.8. The molecule has 9 N–H and O–H groups in total. The number of hydrogen-bond donors (Lipinski definition) is 6. The first kappa shape index (κ1) is 48.9. The van der Waals surface area contributed by atoms with Crippen LogP contribution in [-0.2, 0) is 52.3 Å². The third kappa shape index (κ3) is 11.7. The Morgan fingerprint density at radius 3 is 2.36 bits per heavy atom. The minimum absolute atomic E-state index is 0.0429.